The van der Waals surface area contributed by atoms with Crippen LogP contribution >= 0.6 is 15.9 Å². The molecule has 1 aromatic rings. The maximum atomic E-state index is 13.5. The average molecular weight is 341 g/mol. The second-order valence-corrected chi connectivity index (χ2v) is 6.70. The van der Waals surface area contributed by atoms with Gasteiger partial charge in [-0.3, -0.25) is 4.79 Å². The van der Waals surface area contributed by atoms with Crippen molar-refractivity contribution < 1.29 is 9.18 Å². The number of piperidine rings is 1. The van der Waals surface area contributed by atoms with Gasteiger partial charge in [0.25, 0.3) is 5.91 Å². The van der Waals surface area contributed by atoms with E-state index in [-0.39, 0.29) is 11.7 Å². The molecule has 0 saturated carbocycles. The minimum Gasteiger partial charge on any atom is -0.339 e. The van der Waals surface area contributed by atoms with Gasteiger partial charge in [-0.25, -0.2) is 4.39 Å². The summed E-state index contributed by atoms with van der Waals surface area (Å²) in [5.41, 5.74) is 0.827. The van der Waals surface area contributed by atoms with E-state index in [1.807, 2.05) is 4.90 Å². The van der Waals surface area contributed by atoms with E-state index in [1.54, 1.807) is 12.1 Å². The quantitative estimate of drug-likeness (QED) is 0.852. The summed E-state index contributed by atoms with van der Waals surface area (Å²) >= 11 is 3.11. The van der Waals surface area contributed by atoms with E-state index in [9.17, 15) is 9.18 Å². The standard InChI is InChI=1S/C15H18BrFN2O/c16-12-2-1-11(9-13(12)17)14(20)19-7-4-15(5-8-19)3-6-18-10-15/h1-2,9,18H,3-8,10H2. The van der Waals surface area contributed by atoms with Crippen molar-refractivity contribution in [3.63, 3.8) is 0 Å². The molecule has 1 N–H and O–H groups in total. The van der Waals surface area contributed by atoms with Crippen molar-refractivity contribution in [3.8, 4) is 0 Å². The fourth-order valence-corrected chi connectivity index (χ4v) is 3.46. The summed E-state index contributed by atoms with van der Waals surface area (Å²) in [7, 11) is 0. The fourth-order valence-electron chi connectivity index (χ4n) is 3.22. The first-order valence-corrected chi connectivity index (χ1v) is 7.84. The molecule has 3 rings (SSSR count). The Morgan fingerprint density at radius 1 is 1.30 bits per heavy atom. The van der Waals surface area contributed by atoms with Crippen LogP contribution < -0.4 is 5.32 Å². The number of nitrogens with zero attached hydrogens (tertiary/aromatic N) is 1. The van der Waals surface area contributed by atoms with E-state index in [0.29, 0.717) is 15.5 Å². The summed E-state index contributed by atoms with van der Waals surface area (Å²) in [6, 6.07) is 4.58. The minimum absolute atomic E-state index is 0.0581. The number of carbonyl (C=O) groups excluding carboxylic acids is 1. The molecule has 0 aromatic heterocycles. The van der Waals surface area contributed by atoms with Crippen LogP contribution in [0.4, 0.5) is 4.39 Å². The summed E-state index contributed by atoms with van der Waals surface area (Å²) in [4.78, 5) is 14.2. The van der Waals surface area contributed by atoms with Gasteiger partial charge >= 0.3 is 0 Å². The lowest BCUT2D eigenvalue weighted by Crippen LogP contribution is -2.44. The van der Waals surface area contributed by atoms with E-state index in [2.05, 4.69) is 21.2 Å². The highest BCUT2D eigenvalue weighted by molar-refractivity contribution is 9.10. The van der Waals surface area contributed by atoms with Gasteiger partial charge in [-0.05, 0) is 65.4 Å². The predicted octanol–water partition coefficient (Wildman–Crippen LogP) is 2.80. The van der Waals surface area contributed by atoms with E-state index in [4.69, 9.17) is 0 Å². The molecule has 2 aliphatic heterocycles. The molecule has 2 heterocycles. The van der Waals surface area contributed by atoms with Crippen LogP contribution in [-0.4, -0.2) is 37.0 Å². The van der Waals surface area contributed by atoms with Crippen molar-refractivity contribution in [2.75, 3.05) is 26.2 Å². The Kier molecular flexibility index (Phi) is 3.82. The Labute approximate surface area is 126 Å². The van der Waals surface area contributed by atoms with Crippen LogP contribution in [0.25, 0.3) is 0 Å². The highest BCUT2D eigenvalue weighted by atomic mass is 79.9. The van der Waals surface area contributed by atoms with Crippen molar-refractivity contribution in [3.05, 3.63) is 34.1 Å². The summed E-state index contributed by atoms with van der Waals surface area (Å²) in [6.07, 6.45) is 3.30. The molecular weight excluding hydrogens is 323 g/mol. The van der Waals surface area contributed by atoms with Gasteiger partial charge in [-0.1, -0.05) is 0 Å². The van der Waals surface area contributed by atoms with Crippen LogP contribution in [0.2, 0.25) is 0 Å². The second kappa shape index (κ2) is 5.45. The zero-order valence-electron chi connectivity index (χ0n) is 11.3. The van der Waals surface area contributed by atoms with Crippen molar-refractivity contribution in [2.45, 2.75) is 19.3 Å². The smallest absolute Gasteiger partial charge is 0.253 e. The van der Waals surface area contributed by atoms with Crippen LogP contribution in [0.15, 0.2) is 22.7 Å². The topological polar surface area (TPSA) is 32.3 Å². The first kappa shape index (κ1) is 14.0. The molecule has 5 heteroatoms. The third-order valence-electron chi connectivity index (χ3n) is 4.61. The second-order valence-electron chi connectivity index (χ2n) is 5.85. The largest absolute Gasteiger partial charge is 0.339 e. The van der Waals surface area contributed by atoms with Crippen molar-refractivity contribution in [1.82, 2.24) is 10.2 Å². The van der Waals surface area contributed by atoms with Crippen LogP contribution in [0.5, 0.6) is 0 Å². The first-order chi connectivity index (χ1) is 9.60. The number of nitrogens with one attached hydrogen (secondary N) is 1. The summed E-state index contributed by atoms with van der Waals surface area (Å²) < 4.78 is 13.9. The highest BCUT2D eigenvalue weighted by Crippen LogP contribution is 2.37. The van der Waals surface area contributed by atoms with Gasteiger partial charge in [0.2, 0.25) is 0 Å². The molecule has 0 aliphatic carbocycles. The molecule has 0 radical (unpaired) electrons. The van der Waals surface area contributed by atoms with Gasteiger partial charge in [-0.15, -0.1) is 0 Å². The van der Waals surface area contributed by atoms with Gasteiger partial charge in [-0.2, -0.15) is 0 Å². The Hall–Kier alpha value is -0.940. The molecule has 0 bridgehead atoms. The molecule has 108 valence electrons. The Balaban J connectivity index is 1.68. The summed E-state index contributed by atoms with van der Waals surface area (Å²) in [6.45, 7) is 3.71. The zero-order valence-corrected chi connectivity index (χ0v) is 12.9. The van der Waals surface area contributed by atoms with Crippen LogP contribution in [0, 0.1) is 11.2 Å². The van der Waals surface area contributed by atoms with E-state index >= 15 is 0 Å². The number of carbonyl (C=O) groups is 1. The molecule has 1 spiro atoms. The summed E-state index contributed by atoms with van der Waals surface area (Å²) in [5, 5.41) is 3.41. The van der Waals surface area contributed by atoms with Crippen molar-refractivity contribution in [1.29, 1.82) is 0 Å². The van der Waals surface area contributed by atoms with Crippen molar-refractivity contribution >= 4 is 21.8 Å². The molecule has 1 amide bonds. The third kappa shape index (κ3) is 2.61. The molecule has 0 unspecified atom stereocenters. The highest BCUT2D eigenvalue weighted by Gasteiger charge is 2.38. The predicted molar refractivity (Wildman–Crippen MR) is 79.2 cm³/mol. The first-order valence-electron chi connectivity index (χ1n) is 7.05. The molecule has 0 atom stereocenters. The van der Waals surface area contributed by atoms with Crippen molar-refractivity contribution in [2.24, 2.45) is 5.41 Å². The lowest BCUT2D eigenvalue weighted by Gasteiger charge is -2.38. The molecule has 1 aromatic carbocycles. The lowest BCUT2D eigenvalue weighted by molar-refractivity contribution is 0.0607. The van der Waals surface area contributed by atoms with E-state index in [0.717, 1.165) is 39.0 Å². The number of hydrogen-bond donors (Lipinski definition) is 1. The fraction of sp³-hybridized carbons (Fsp3) is 0.533. The lowest BCUT2D eigenvalue weighted by atomic mass is 9.78. The summed E-state index contributed by atoms with van der Waals surface area (Å²) in [5.74, 6) is -0.443. The third-order valence-corrected chi connectivity index (χ3v) is 5.25. The average Bonchev–Trinajstić information content (AvgIpc) is 2.90. The molecule has 20 heavy (non-hydrogen) atoms. The van der Waals surface area contributed by atoms with Gasteiger partial charge < -0.3 is 10.2 Å². The molecule has 2 saturated heterocycles. The molecule has 3 nitrogen and oxygen atoms in total. The van der Waals surface area contributed by atoms with Gasteiger partial charge in [0.15, 0.2) is 0 Å². The Bertz CT molecular complexity index is 519. The molecular formula is C15H18BrFN2O. The Morgan fingerprint density at radius 2 is 2.05 bits per heavy atom. The number of hydrogen-bond acceptors (Lipinski definition) is 2. The van der Waals surface area contributed by atoms with Crippen LogP contribution in [-0.2, 0) is 0 Å². The number of amides is 1. The number of rotatable bonds is 1. The maximum absolute atomic E-state index is 13.5. The number of halogens is 2. The number of benzene rings is 1. The van der Waals surface area contributed by atoms with Gasteiger partial charge in [0.05, 0.1) is 4.47 Å². The minimum atomic E-state index is -0.385. The van der Waals surface area contributed by atoms with E-state index < -0.39 is 0 Å². The zero-order chi connectivity index (χ0) is 14.2. The monoisotopic (exact) mass is 340 g/mol. The SMILES string of the molecule is O=C(c1ccc(Br)c(F)c1)N1CCC2(CCNC2)CC1. The molecule has 2 aliphatic rings. The molecule has 2 fully saturated rings. The van der Waals surface area contributed by atoms with Crippen LogP contribution in [0.3, 0.4) is 0 Å². The van der Waals surface area contributed by atoms with Gasteiger partial charge in [0.1, 0.15) is 5.82 Å². The van der Waals surface area contributed by atoms with Crippen LogP contribution in [0.1, 0.15) is 29.6 Å². The Morgan fingerprint density at radius 3 is 2.65 bits per heavy atom. The van der Waals surface area contributed by atoms with Gasteiger partial charge in [0, 0.05) is 25.2 Å². The van der Waals surface area contributed by atoms with E-state index in [1.165, 1.54) is 12.5 Å². The number of likely N-dealkylation sites (tertiary alicyclic amines) is 1. The normalized spacial score (nSPS) is 21.4. The maximum Gasteiger partial charge on any atom is 0.253 e.